The largest absolute Gasteiger partial charge is 0.476 e. The molecule has 2 heterocycles. The van der Waals surface area contributed by atoms with Gasteiger partial charge in [0.15, 0.2) is 5.69 Å². The second-order valence-corrected chi connectivity index (χ2v) is 3.70. The van der Waals surface area contributed by atoms with E-state index in [1.165, 1.54) is 12.4 Å². The number of carboxylic acid groups (broad SMARTS) is 1. The summed E-state index contributed by atoms with van der Waals surface area (Å²) in [6, 6.07) is 0.109. The molecule has 0 aliphatic carbocycles. The number of aromatic nitrogens is 2. The Bertz CT molecular complexity index is 418. The van der Waals surface area contributed by atoms with Crippen molar-refractivity contribution < 1.29 is 14.6 Å². The van der Waals surface area contributed by atoms with Crippen LogP contribution in [0.15, 0.2) is 25.0 Å². The molecule has 17 heavy (non-hydrogen) atoms. The second kappa shape index (κ2) is 4.92. The lowest BCUT2D eigenvalue weighted by Crippen LogP contribution is -2.28. The van der Waals surface area contributed by atoms with E-state index in [1.54, 1.807) is 6.08 Å². The Morgan fingerprint density at radius 3 is 3.00 bits per heavy atom. The zero-order chi connectivity index (χ0) is 12.3. The summed E-state index contributed by atoms with van der Waals surface area (Å²) in [5.41, 5.74) is -0.0708. The highest BCUT2D eigenvalue weighted by atomic mass is 16.5. The van der Waals surface area contributed by atoms with Crippen molar-refractivity contribution in [3.8, 4) is 0 Å². The number of hydrogen-bond acceptors (Lipinski definition) is 5. The molecule has 0 unspecified atom stereocenters. The molecule has 2 N–H and O–H groups in total. The van der Waals surface area contributed by atoms with Gasteiger partial charge in [-0.3, -0.25) is 0 Å². The van der Waals surface area contributed by atoms with Gasteiger partial charge in [0.1, 0.15) is 5.82 Å². The van der Waals surface area contributed by atoms with E-state index in [0.29, 0.717) is 12.4 Å². The maximum atomic E-state index is 10.6. The molecule has 1 aromatic rings. The Hall–Kier alpha value is -1.95. The van der Waals surface area contributed by atoms with E-state index in [1.807, 2.05) is 0 Å². The van der Waals surface area contributed by atoms with Gasteiger partial charge < -0.3 is 15.2 Å². The molecule has 0 bridgehead atoms. The first-order valence-electron chi connectivity index (χ1n) is 5.26. The molecule has 1 aliphatic heterocycles. The fourth-order valence-electron chi connectivity index (χ4n) is 1.70. The summed E-state index contributed by atoms with van der Waals surface area (Å²) in [5.74, 6) is -0.547. The van der Waals surface area contributed by atoms with Crippen molar-refractivity contribution in [2.75, 3.05) is 11.9 Å². The summed E-state index contributed by atoms with van der Waals surface area (Å²) in [4.78, 5) is 18.4. The number of carboxylic acids is 1. The minimum atomic E-state index is -1.09. The molecule has 2 rings (SSSR count). The number of nitrogens with zero attached hydrogens (tertiary/aromatic N) is 2. The lowest BCUT2D eigenvalue weighted by Gasteiger charge is -2.16. The summed E-state index contributed by atoms with van der Waals surface area (Å²) in [5, 5.41) is 11.8. The van der Waals surface area contributed by atoms with Gasteiger partial charge in [0.05, 0.1) is 24.5 Å². The highest BCUT2D eigenvalue weighted by molar-refractivity contribution is 5.84. The van der Waals surface area contributed by atoms with Crippen LogP contribution in [0.3, 0.4) is 0 Å². The van der Waals surface area contributed by atoms with Crippen molar-refractivity contribution in [1.29, 1.82) is 0 Å². The number of ether oxygens (including phenoxy) is 1. The average molecular weight is 235 g/mol. The molecule has 1 aromatic heterocycles. The van der Waals surface area contributed by atoms with Gasteiger partial charge in [0.2, 0.25) is 0 Å². The number of anilines is 1. The molecular weight excluding hydrogens is 222 g/mol. The van der Waals surface area contributed by atoms with E-state index >= 15 is 0 Å². The van der Waals surface area contributed by atoms with E-state index in [2.05, 4.69) is 21.9 Å². The van der Waals surface area contributed by atoms with Crippen molar-refractivity contribution in [2.45, 2.75) is 18.6 Å². The molecule has 90 valence electrons. The Morgan fingerprint density at radius 2 is 2.41 bits per heavy atom. The van der Waals surface area contributed by atoms with Crippen LogP contribution >= 0.6 is 0 Å². The van der Waals surface area contributed by atoms with Gasteiger partial charge in [-0.25, -0.2) is 14.8 Å². The third-order valence-corrected chi connectivity index (χ3v) is 2.57. The number of carbonyl (C=O) groups is 1. The van der Waals surface area contributed by atoms with Gasteiger partial charge in [0.25, 0.3) is 0 Å². The topological polar surface area (TPSA) is 84.3 Å². The fourth-order valence-corrected chi connectivity index (χ4v) is 1.70. The third-order valence-electron chi connectivity index (χ3n) is 2.57. The molecule has 0 amide bonds. The highest BCUT2D eigenvalue weighted by Gasteiger charge is 2.25. The lowest BCUT2D eigenvalue weighted by molar-refractivity contribution is 0.0690. The summed E-state index contributed by atoms with van der Waals surface area (Å²) < 4.78 is 5.43. The van der Waals surface area contributed by atoms with Crippen LogP contribution in [0, 0.1) is 0 Å². The summed E-state index contributed by atoms with van der Waals surface area (Å²) in [6.45, 7) is 4.37. The molecule has 1 aliphatic rings. The minimum Gasteiger partial charge on any atom is -0.476 e. The molecular formula is C11H13N3O3. The van der Waals surface area contributed by atoms with Gasteiger partial charge in [-0.15, -0.1) is 6.58 Å². The third kappa shape index (κ3) is 2.59. The molecule has 0 aromatic carbocycles. The van der Waals surface area contributed by atoms with Crippen LogP contribution in [0.1, 0.15) is 16.9 Å². The normalized spacial score (nSPS) is 23.3. The van der Waals surface area contributed by atoms with E-state index in [4.69, 9.17) is 9.84 Å². The van der Waals surface area contributed by atoms with Crippen molar-refractivity contribution in [3.63, 3.8) is 0 Å². The van der Waals surface area contributed by atoms with Crippen LogP contribution in [0.25, 0.3) is 0 Å². The molecule has 1 fully saturated rings. The van der Waals surface area contributed by atoms with E-state index in [9.17, 15) is 4.79 Å². The van der Waals surface area contributed by atoms with Gasteiger partial charge in [-0.05, 0) is 6.42 Å². The molecule has 2 atom stereocenters. The van der Waals surface area contributed by atoms with Crippen LogP contribution in [0.5, 0.6) is 0 Å². The van der Waals surface area contributed by atoms with E-state index in [-0.39, 0.29) is 17.8 Å². The predicted molar refractivity (Wildman–Crippen MR) is 61.0 cm³/mol. The average Bonchev–Trinajstić information content (AvgIpc) is 2.77. The molecule has 6 heteroatoms. The van der Waals surface area contributed by atoms with Gasteiger partial charge in [0, 0.05) is 6.61 Å². The minimum absolute atomic E-state index is 0.0454. The van der Waals surface area contributed by atoms with Gasteiger partial charge in [-0.1, -0.05) is 6.08 Å². The zero-order valence-electron chi connectivity index (χ0n) is 9.17. The monoisotopic (exact) mass is 235 g/mol. The Morgan fingerprint density at radius 1 is 1.59 bits per heavy atom. The second-order valence-electron chi connectivity index (χ2n) is 3.70. The first-order valence-corrected chi connectivity index (χ1v) is 5.26. The molecule has 0 radical (unpaired) electrons. The van der Waals surface area contributed by atoms with Gasteiger partial charge in [-0.2, -0.15) is 0 Å². The van der Waals surface area contributed by atoms with E-state index < -0.39 is 5.97 Å². The van der Waals surface area contributed by atoms with Crippen LogP contribution in [0.4, 0.5) is 5.82 Å². The van der Waals surface area contributed by atoms with Crippen LogP contribution in [0.2, 0.25) is 0 Å². The molecule has 6 nitrogen and oxygen atoms in total. The first-order chi connectivity index (χ1) is 8.20. The fraction of sp³-hybridized carbons (Fsp3) is 0.364. The lowest BCUT2D eigenvalue weighted by atomic mass is 10.1. The van der Waals surface area contributed by atoms with Crippen LogP contribution in [-0.2, 0) is 4.74 Å². The smallest absolute Gasteiger partial charge is 0.356 e. The Kier molecular flexibility index (Phi) is 3.34. The summed E-state index contributed by atoms with van der Waals surface area (Å²) in [7, 11) is 0. The highest BCUT2D eigenvalue weighted by Crippen LogP contribution is 2.18. The Balaban J connectivity index is 2.03. The van der Waals surface area contributed by atoms with E-state index in [0.717, 1.165) is 6.42 Å². The van der Waals surface area contributed by atoms with Crippen LogP contribution in [-0.4, -0.2) is 39.8 Å². The quantitative estimate of drug-likeness (QED) is 0.755. The predicted octanol–water partition coefficient (Wildman–Crippen LogP) is 0.930. The first kappa shape index (κ1) is 11.5. The number of hydrogen-bond donors (Lipinski definition) is 2. The van der Waals surface area contributed by atoms with Crippen LogP contribution < -0.4 is 5.32 Å². The standard InChI is InChI=1S/C11H13N3O3/c1-2-9-7(3-4-17-9)14-10-6-12-8(5-13-10)11(15)16/h2,5-7,9H,1,3-4H2,(H,13,14)(H,15,16)/t7-,9+/m1/s1. The molecule has 0 spiro atoms. The molecule has 0 saturated carbocycles. The molecule has 1 saturated heterocycles. The maximum Gasteiger partial charge on any atom is 0.356 e. The SMILES string of the molecule is C=C[C@@H]1OCC[C@H]1Nc1cnc(C(=O)O)cn1. The number of aromatic carboxylic acids is 1. The Labute approximate surface area is 98.3 Å². The number of nitrogens with one attached hydrogen (secondary N) is 1. The van der Waals surface area contributed by atoms with Crippen molar-refractivity contribution in [2.24, 2.45) is 0 Å². The van der Waals surface area contributed by atoms with Crippen molar-refractivity contribution in [3.05, 3.63) is 30.7 Å². The summed E-state index contributed by atoms with van der Waals surface area (Å²) >= 11 is 0. The maximum absolute atomic E-state index is 10.6. The number of rotatable bonds is 4. The van der Waals surface area contributed by atoms with Crippen molar-refractivity contribution in [1.82, 2.24) is 9.97 Å². The summed E-state index contributed by atoms with van der Waals surface area (Å²) in [6.07, 6.45) is 5.18. The van der Waals surface area contributed by atoms with Crippen molar-refractivity contribution >= 4 is 11.8 Å². The van der Waals surface area contributed by atoms with Gasteiger partial charge >= 0.3 is 5.97 Å². The zero-order valence-corrected chi connectivity index (χ0v) is 9.17.